The van der Waals surface area contributed by atoms with Crippen LogP contribution in [0.5, 0.6) is 0 Å². The Morgan fingerprint density at radius 2 is 2.28 bits per heavy atom. The Bertz CT molecular complexity index is 473. The molecule has 0 saturated heterocycles. The van der Waals surface area contributed by atoms with E-state index in [-0.39, 0.29) is 12.3 Å². The van der Waals surface area contributed by atoms with Crippen LogP contribution in [0.2, 0.25) is 5.02 Å². The van der Waals surface area contributed by atoms with E-state index in [9.17, 15) is 4.79 Å². The van der Waals surface area contributed by atoms with Gasteiger partial charge in [-0.25, -0.2) is 0 Å². The van der Waals surface area contributed by atoms with Crippen LogP contribution in [-0.2, 0) is 11.2 Å². The molecule has 1 N–H and O–H groups in total. The lowest BCUT2D eigenvalue weighted by Crippen LogP contribution is -2.20. The first-order valence-electron chi connectivity index (χ1n) is 6.20. The molecule has 0 bridgehead atoms. The molecule has 0 aliphatic carbocycles. The molecule has 98 valence electrons. The Labute approximate surface area is 112 Å². The van der Waals surface area contributed by atoms with Gasteiger partial charge in [0.1, 0.15) is 0 Å². The number of aryl methyl sites for hydroxylation is 1. The number of benzene rings is 1. The molecule has 0 saturated carbocycles. The van der Waals surface area contributed by atoms with Crippen molar-refractivity contribution in [2.45, 2.75) is 26.2 Å². The van der Waals surface area contributed by atoms with Gasteiger partial charge < -0.3 is 10.0 Å². The van der Waals surface area contributed by atoms with Crippen LogP contribution >= 0.6 is 11.6 Å². The van der Waals surface area contributed by atoms with E-state index in [1.807, 2.05) is 19.2 Å². The number of carboxylic acids is 1. The van der Waals surface area contributed by atoms with Crippen LogP contribution < -0.4 is 4.90 Å². The molecule has 4 heteroatoms. The summed E-state index contributed by atoms with van der Waals surface area (Å²) >= 11 is 6.28. The molecular weight excluding hydrogens is 250 g/mol. The highest BCUT2D eigenvalue weighted by Gasteiger charge is 2.24. The van der Waals surface area contributed by atoms with Gasteiger partial charge >= 0.3 is 5.97 Å². The van der Waals surface area contributed by atoms with Gasteiger partial charge in [0.25, 0.3) is 0 Å². The minimum atomic E-state index is -0.727. The van der Waals surface area contributed by atoms with Gasteiger partial charge in [0.05, 0.1) is 0 Å². The predicted octanol–water partition coefficient (Wildman–Crippen LogP) is 3.12. The van der Waals surface area contributed by atoms with E-state index in [1.54, 1.807) is 0 Å². The third-order valence-corrected chi connectivity index (χ3v) is 3.99. The highest BCUT2D eigenvalue weighted by atomic mass is 35.5. The Balaban J connectivity index is 2.38. The van der Waals surface area contributed by atoms with Crippen molar-refractivity contribution in [2.24, 2.45) is 5.92 Å². The first kappa shape index (κ1) is 13.2. The molecule has 0 radical (unpaired) electrons. The molecule has 0 fully saturated rings. The smallest absolute Gasteiger partial charge is 0.303 e. The summed E-state index contributed by atoms with van der Waals surface area (Å²) in [6.07, 6.45) is 1.87. The summed E-state index contributed by atoms with van der Waals surface area (Å²) in [5.74, 6) is -0.555. The fraction of sp³-hybridized carbons (Fsp3) is 0.500. The van der Waals surface area contributed by atoms with Gasteiger partial charge in [-0.05, 0) is 42.9 Å². The number of halogens is 1. The molecule has 1 aliphatic rings. The van der Waals surface area contributed by atoms with Crippen molar-refractivity contribution in [1.82, 2.24) is 0 Å². The topological polar surface area (TPSA) is 40.5 Å². The van der Waals surface area contributed by atoms with E-state index < -0.39 is 5.97 Å². The maximum absolute atomic E-state index is 10.9. The van der Waals surface area contributed by atoms with Crippen LogP contribution in [0.3, 0.4) is 0 Å². The number of rotatable bonds is 2. The van der Waals surface area contributed by atoms with Crippen molar-refractivity contribution in [2.75, 3.05) is 18.5 Å². The standard InChI is InChI=1S/C14H18ClNO2/c1-9-3-4-12(15)11-7-10(8-13(17)18)5-6-16(2)14(9)11/h3-4,10H,5-8H2,1-2H3,(H,17,18). The zero-order valence-electron chi connectivity index (χ0n) is 10.7. The quantitative estimate of drug-likeness (QED) is 0.895. The fourth-order valence-electron chi connectivity index (χ4n) is 2.75. The van der Waals surface area contributed by atoms with Crippen LogP contribution in [0.1, 0.15) is 24.0 Å². The SMILES string of the molecule is Cc1ccc(Cl)c2c1N(C)CCC(CC(=O)O)C2. The molecule has 1 heterocycles. The zero-order valence-corrected chi connectivity index (χ0v) is 11.5. The number of fused-ring (bicyclic) bond motifs is 1. The van der Waals surface area contributed by atoms with Gasteiger partial charge in [-0.3, -0.25) is 4.79 Å². The lowest BCUT2D eigenvalue weighted by Gasteiger charge is -2.22. The molecule has 0 spiro atoms. The van der Waals surface area contributed by atoms with E-state index in [4.69, 9.17) is 16.7 Å². The van der Waals surface area contributed by atoms with Gasteiger partial charge in [-0.2, -0.15) is 0 Å². The van der Waals surface area contributed by atoms with Crippen molar-refractivity contribution in [3.05, 3.63) is 28.3 Å². The van der Waals surface area contributed by atoms with Gasteiger partial charge in [0, 0.05) is 30.7 Å². The van der Waals surface area contributed by atoms with Crippen molar-refractivity contribution >= 4 is 23.3 Å². The number of carboxylic acid groups (broad SMARTS) is 1. The van der Waals surface area contributed by atoms with E-state index >= 15 is 0 Å². The van der Waals surface area contributed by atoms with Crippen molar-refractivity contribution in [1.29, 1.82) is 0 Å². The van der Waals surface area contributed by atoms with Crippen LogP contribution in [0.4, 0.5) is 5.69 Å². The summed E-state index contributed by atoms with van der Waals surface area (Å²) in [5, 5.41) is 9.70. The summed E-state index contributed by atoms with van der Waals surface area (Å²) in [6.45, 7) is 2.95. The van der Waals surface area contributed by atoms with E-state index in [0.717, 1.165) is 30.0 Å². The number of hydrogen-bond acceptors (Lipinski definition) is 2. The molecule has 0 amide bonds. The average molecular weight is 268 g/mol. The number of aliphatic carboxylic acids is 1. The predicted molar refractivity (Wildman–Crippen MR) is 73.5 cm³/mol. The Morgan fingerprint density at radius 1 is 1.56 bits per heavy atom. The molecule has 1 aliphatic heterocycles. The highest BCUT2D eigenvalue weighted by molar-refractivity contribution is 6.31. The largest absolute Gasteiger partial charge is 0.481 e. The minimum Gasteiger partial charge on any atom is -0.481 e. The summed E-state index contributed by atoms with van der Waals surface area (Å²) in [6, 6.07) is 3.93. The van der Waals surface area contributed by atoms with Crippen molar-refractivity contribution in [3.63, 3.8) is 0 Å². The van der Waals surface area contributed by atoms with Crippen LogP contribution in [0, 0.1) is 12.8 Å². The molecule has 18 heavy (non-hydrogen) atoms. The maximum Gasteiger partial charge on any atom is 0.303 e. The summed E-state index contributed by atoms with van der Waals surface area (Å²) in [5.41, 5.74) is 3.48. The Hall–Kier alpha value is -1.22. The monoisotopic (exact) mass is 267 g/mol. The Kier molecular flexibility index (Phi) is 3.81. The average Bonchev–Trinajstić information content (AvgIpc) is 2.44. The zero-order chi connectivity index (χ0) is 13.3. The van der Waals surface area contributed by atoms with E-state index in [1.165, 1.54) is 11.3 Å². The van der Waals surface area contributed by atoms with Crippen LogP contribution in [0.25, 0.3) is 0 Å². The fourth-order valence-corrected chi connectivity index (χ4v) is 2.98. The summed E-state index contributed by atoms with van der Waals surface area (Å²) in [7, 11) is 2.05. The molecule has 3 nitrogen and oxygen atoms in total. The highest BCUT2D eigenvalue weighted by Crippen LogP contribution is 2.36. The maximum atomic E-state index is 10.9. The van der Waals surface area contributed by atoms with Crippen molar-refractivity contribution in [3.8, 4) is 0 Å². The van der Waals surface area contributed by atoms with E-state index in [2.05, 4.69) is 11.8 Å². The lowest BCUT2D eigenvalue weighted by atomic mass is 9.93. The molecule has 2 rings (SSSR count). The summed E-state index contributed by atoms with van der Waals surface area (Å²) in [4.78, 5) is 13.1. The molecular formula is C14H18ClNO2. The minimum absolute atomic E-state index is 0.172. The van der Waals surface area contributed by atoms with Gasteiger partial charge in [-0.1, -0.05) is 17.7 Å². The van der Waals surface area contributed by atoms with Crippen LogP contribution in [0.15, 0.2) is 12.1 Å². The molecule has 1 unspecified atom stereocenters. The van der Waals surface area contributed by atoms with Crippen molar-refractivity contribution < 1.29 is 9.90 Å². The molecule has 1 aromatic carbocycles. The number of anilines is 1. The van der Waals surface area contributed by atoms with Gasteiger partial charge in [-0.15, -0.1) is 0 Å². The summed E-state index contributed by atoms with van der Waals surface area (Å²) < 4.78 is 0. The Morgan fingerprint density at radius 3 is 2.94 bits per heavy atom. The number of nitrogens with zero attached hydrogens (tertiary/aromatic N) is 1. The number of hydrogen-bond donors (Lipinski definition) is 1. The third-order valence-electron chi connectivity index (χ3n) is 3.64. The van der Waals surface area contributed by atoms with Gasteiger partial charge in [0.15, 0.2) is 0 Å². The third kappa shape index (κ3) is 2.61. The first-order valence-corrected chi connectivity index (χ1v) is 6.57. The second-order valence-electron chi connectivity index (χ2n) is 5.07. The lowest BCUT2D eigenvalue weighted by molar-refractivity contribution is -0.138. The first-order chi connectivity index (χ1) is 8.49. The van der Waals surface area contributed by atoms with Gasteiger partial charge in [0.2, 0.25) is 0 Å². The second-order valence-corrected chi connectivity index (χ2v) is 5.48. The second kappa shape index (κ2) is 5.19. The molecule has 1 atom stereocenters. The normalized spacial score (nSPS) is 19.3. The molecule has 0 aromatic heterocycles. The number of carbonyl (C=O) groups is 1. The molecule has 1 aromatic rings. The van der Waals surface area contributed by atoms with E-state index in [0.29, 0.717) is 0 Å². The van der Waals surface area contributed by atoms with Crippen LogP contribution in [-0.4, -0.2) is 24.7 Å².